The molecule has 0 aliphatic carbocycles. The number of benzene rings is 2. The highest BCUT2D eigenvalue weighted by atomic mass is 32.2. The zero-order chi connectivity index (χ0) is 22.2. The number of sulfone groups is 1. The predicted molar refractivity (Wildman–Crippen MR) is 123 cm³/mol. The molecule has 2 aromatic rings. The Bertz CT molecular complexity index is 1150. The molecule has 4 rings (SSSR count). The van der Waals surface area contributed by atoms with Crippen LogP contribution in [0.25, 0.3) is 0 Å². The largest absolute Gasteiger partial charge is 0.493 e. The summed E-state index contributed by atoms with van der Waals surface area (Å²) >= 11 is 1.38. The topological polar surface area (TPSA) is 85.3 Å². The van der Waals surface area contributed by atoms with Crippen molar-refractivity contribution in [1.82, 2.24) is 0 Å². The summed E-state index contributed by atoms with van der Waals surface area (Å²) in [7, 11) is 0.00596. The number of fused-ring (bicyclic) bond motifs is 1. The molecule has 0 aromatic heterocycles. The van der Waals surface area contributed by atoms with Crippen molar-refractivity contribution in [3.8, 4) is 11.5 Å². The molecule has 1 amide bonds. The molecule has 2 saturated heterocycles. The number of hydrogen-bond acceptors (Lipinski definition) is 6. The fourth-order valence-corrected chi connectivity index (χ4v) is 7.89. The van der Waals surface area contributed by atoms with Gasteiger partial charge in [0, 0.05) is 10.9 Å². The molecule has 2 aliphatic heterocycles. The minimum absolute atomic E-state index is 0.0709. The first-order valence-corrected chi connectivity index (χ1v) is 12.5. The minimum atomic E-state index is -3.10. The number of carbonyl (C=O) groups excluding carboxylic acids is 1. The van der Waals surface area contributed by atoms with Gasteiger partial charge in [-0.2, -0.15) is 4.99 Å². The Morgan fingerprint density at radius 2 is 1.90 bits per heavy atom. The Kier molecular flexibility index (Phi) is 5.98. The van der Waals surface area contributed by atoms with Gasteiger partial charge in [-0.3, -0.25) is 4.79 Å². The molecule has 0 saturated carbocycles. The first-order chi connectivity index (χ1) is 14.8. The average Bonchev–Trinajstić information content (AvgIpc) is 3.18. The molecule has 0 radical (unpaired) electrons. The lowest BCUT2D eigenvalue weighted by atomic mass is 10.1. The molecule has 0 unspecified atom stereocenters. The van der Waals surface area contributed by atoms with Crippen LogP contribution in [0, 0.1) is 6.92 Å². The minimum Gasteiger partial charge on any atom is -0.493 e. The molecule has 2 atom stereocenters. The second-order valence-electron chi connectivity index (χ2n) is 7.66. The van der Waals surface area contributed by atoms with Gasteiger partial charge < -0.3 is 14.4 Å². The third-order valence-corrected chi connectivity index (χ3v) is 8.58. The Hall–Kier alpha value is -2.52. The molecule has 2 aromatic carbocycles. The standard InChI is InChI=1S/C22H24N2O5S2/c1-14-5-4-6-16(9-14)24-17-12-31(26,27)13-20(17)30-22(24)23-21(25)11-15-7-8-18(28-2)19(10-15)29-3/h4-10,17,20H,11-13H2,1-3H3/t17-,20+/m0/s1. The summed E-state index contributed by atoms with van der Waals surface area (Å²) in [6.45, 7) is 1.98. The summed E-state index contributed by atoms with van der Waals surface area (Å²) in [6.07, 6.45) is 0.111. The van der Waals surface area contributed by atoms with Crippen molar-refractivity contribution < 1.29 is 22.7 Å². The third-order valence-electron chi connectivity index (χ3n) is 5.37. The van der Waals surface area contributed by atoms with E-state index in [1.54, 1.807) is 32.4 Å². The zero-order valence-electron chi connectivity index (χ0n) is 17.6. The monoisotopic (exact) mass is 460 g/mol. The van der Waals surface area contributed by atoms with Crippen molar-refractivity contribution in [3.05, 3.63) is 53.6 Å². The van der Waals surface area contributed by atoms with Crippen LogP contribution >= 0.6 is 11.8 Å². The molecular weight excluding hydrogens is 436 g/mol. The van der Waals surface area contributed by atoms with Crippen LogP contribution in [0.1, 0.15) is 11.1 Å². The van der Waals surface area contributed by atoms with Crippen LogP contribution in [0.15, 0.2) is 47.5 Å². The van der Waals surface area contributed by atoms with Crippen molar-refractivity contribution >= 4 is 38.4 Å². The number of nitrogens with zero attached hydrogens (tertiary/aromatic N) is 2. The molecule has 9 heteroatoms. The van der Waals surface area contributed by atoms with E-state index in [9.17, 15) is 13.2 Å². The van der Waals surface area contributed by atoms with E-state index in [-0.39, 0.29) is 35.1 Å². The number of amidine groups is 1. The number of thioether (sulfide) groups is 1. The summed E-state index contributed by atoms with van der Waals surface area (Å²) in [5, 5.41) is 0.430. The van der Waals surface area contributed by atoms with Gasteiger partial charge in [0.1, 0.15) is 0 Å². The van der Waals surface area contributed by atoms with Crippen LogP contribution in [0.4, 0.5) is 5.69 Å². The van der Waals surface area contributed by atoms with Crippen molar-refractivity contribution in [1.29, 1.82) is 0 Å². The Morgan fingerprint density at radius 3 is 2.61 bits per heavy atom. The maximum absolute atomic E-state index is 12.8. The number of anilines is 1. The normalized spacial score (nSPS) is 23.1. The van der Waals surface area contributed by atoms with E-state index in [4.69, 9.17) is 9.47 Å². The number of aryl methyl sites for hydroxylation is 1. The maximum Gasteiger partial charge on any atom is 0.252 e. The number of methoxy groups -OCH3 is 2. The van der Waals surface area contributed by atoms with Crippen LogP contribution in [-0.4, -0.2) is 56.5 Å². The smallest absolute Gasteiger partial charge is 0.252 e. The fraction of sp³-hybridized carbons (Fsp3) is 0.364. The fourth-order valence-electron chi connectivity index (χ4n) is 3.96. The van der Waals surface area contributed by atoms with E-state index in [1.807, 2.05) is 36.1 Å². The van der Waals surface area contributed by atoms with Crippen molar-refractivity contribution in [2.45, 2.75) is 24.6 Å². The molecule has 2 heterocycles. The molecule has 7 nitrogen and oxygen atoms in total. The zero-order valence-corrected chi connectivity index (χ0v) is 19.2. The molecule has 31 heavy (non-hydrogen) atoms. The number of aliphatic imine (C=N–C) groups is 1. The average molecular weight is 461 g/mol. The number of hydrogen-bond donors (Lipinski definition) is 0. The van der Waals surface area contributed by atoms with Crippen LogP contribution in [0.5, 0.6) is 11.5 Å². The van der Waals surface area contributed by atoms with Crippen LogP contribution in [0.2, 0.25) is 0 Å². The van der Waals surface area contributed by atoms with E-state index in [2.05, 4.69) is 4.99 Å². The van der Waals surface area contributed by atoms with Gasteiger partial charge in [-0.1, -0.05) is 30.0 Å². The molecule has 2 fully saturated rings. The SMILES string of the molecule is COc1ccc(CC(=O)N=C2S[C@@H]3CS(=O)(=O)C[C@@H]3N2c2cccc(C)c2)cc1OC. The Labute approximate surface area is 186 Å². The van der Waals surface area contributed by atoms with Crippen molar-refractivity contribution in [2.24, 2.45) is 4.99 Å². The molecule has 2 aliphatic rings. The van der Waals surface area contributed by atoms with Crippen molar-refractivity contribution in [3.63, 3.8) is 0 Å². The van der Waals surface area contributed by atoms with Crippen molar-refractivity contribution in [2.75, 3.05) is 30.6 Å². The first kappa shape index (κ1) is 21.7. The van der Waals surface area contributed by atoms with E-state index < -0.39 is 9.84 Å². The summed E-state index contributed by atoms with van der Waals surface area (Å²) in [5.74, 6) is 1.03. The van der Waals surface area contributed by atoms with E-state index in [0.29, 0.717) is 16.7 Å². The van der Waals surface area contributed by atoms with Gasteiger partial charge in [0.15, 0.2) is 26.5 Å². The number of ether oxygens (including phenoxy) is 2. The maximum atomic E-state index is 12.8. The van der Waals surface area contributed by atoms with Gasteiger partial charge in [-0.05, 0) is 42.3 Å². The van der Waals surface area contributed by atoms with E-state index in [1.165, 1.54) is 11.8 Å². The number of rotatable bonds is 5. The summed E-state index contributed by atoms with van der Waals surface area (Å²) in [4.78, 5) is 19.1. The predicted octanol–water partition coefficient (Wildman–Crippen LogP) is 2.86. The van der Waals surface area contributed by atoms with Gasteiger partial charge >= 0.3 is 0 Å². The summed E-state index contributed by atoms with van der Waals surface area (Å²) < 4.78 is 34.9. The number of amides is 1. The van der Waals surface area contributed by atoms with Crippen LogP contribution in [-0.2, 0) is 21.1 Å². The third kappa shape index (κ3) is 4.57. The van der Waals surface area contributed by atoms with Gasteiger partial charge in [-0.25, -0.2) is 8.42 Å². The Morgan fingerprint density at radius 1 is 1.13 bits per heavy atom. The second-order valence-corrected chi connectivity index (χ2v) is 11.0. The number of carbonyl (C=O) groups is 1. The molecule has 0 bridgehead atoms. The van der Waals surface area contributed by atoms with Crippen LogP contribution in [0.3, 0.4) is 0 Å². The van der Waals surface area contributed by atoms with E-state index in [0.717, 1.165) is 16.8 Å². The summed E-state index contributed by atoms with van der Waals surface area (Å²) in [5.41, 5.74) is 2.68. The lowest BCUT2D eigenvalue weighted by molar-refractivity contribution is -0.117. The van der Waals surface area contributed by atoms with Crippen LogP contribution < -0.4 is 14.4 Å². The van der Waals surface area contributed by atoms with Gasteiger partial charge in [-0.15, -0.1) is 0 Å². The quantitative estimate of drug-likeness (QED) is 0.678. The Balaban J connectivity index is 1.61. The first-order valence-electron chi connectivity index (χ1n) is 9.85. The van der Waals surface area contributed by atoms with E-state index >= 15 is 0 Å². The lowest BCUT2D eigenvalue weighted by Crippen LogP contribution is -2.37. The molecule has 0 N–H and O–H groups in total. The highest BCUT2D eigenvalue weighted by Gasteiger charge is 2.49. The highest BCUT2D eigenvalue weighted by Crippen LogP contribution is 2.41. The lowest BCUT2D eigenvalue weighted by Gasteiger charge is -2.24. The van der Waals surface area contributed by atoms with Gasteiger partial charge in [0.2, 0.25) is 0 Å². The molecule has 164 valence electrons. The molecular formula is C22H24N2O5S2. The van der Waals surface area contributed by atoms with Gasteiger partial charge in [0.25, 0.3) is 5.91 Å². The van der Waals surface area contributed by atoms with Gasteiger partial charge in [0.05, 0.1) is 38.2 Å². The summed E-state index contributed by atoms with van der Waals surface area (Å²) in [6, 6.07) is 12.9. The molecule has 0 spiro atoms. The second kappa shape index (κ2) is 8.55. The highest BCUT2D eigenvalue weighted by molar-refractivity contribution is 8.16.